The number of aldehydes is 1. The molecule has 37 heavy (non-hydrogen) atoms. The van der Waals surface area contributed by atoms with E-state index in [0.717, 1.165) is 5.56 Å². The number of fused-ring (bicyclic) bond motifs is 1. The number of sulfonamides is 1. The number of nitrogens with one attached hydrogen (secondary N) is 1. The molecule has 0 saturated carbocycles. The molecule has 0 saturated heterocycles. The molecule has 4 rings (SSSR count). The average Bonchev–Trinajstić information content (AvgIpc) is 2.82. The predicted molar refractivity (Wildman–Crippen MR) is 121 cm³/mol. The molecule has 0 spiro atoms. The van der Waals surface area contributed by atoms with Crippen molar-refractivity contribution in [3.63, 3.8) is 0 Å². The maximum atomic E-state index is 13.5. The molecule has 1 aliphatic heterocycles. The summed E-state index contributed by atoms with van der Waals surface area (Å²) in [6, 6.07) is 10.8. The summed E-state index contributed by atoms with van der Waals surface area (Å²) in [7, 11) is -4.29. The molecule has 0 radical (unpaired) electrons. The second kappa shape index (κ2) is 9.34. The van der Waals surface area contributed by atoms with Crippen molar-refractivity contribution in [1.29, 1.82) is 0 Å². The van der Waals surface area contributed by atoms with Gasteiger partial charge in [0.1, 0.15) is 11.5 Å². The van der Waals surface area contributed by atoms with E-state index < -0.39 is 56.4 Å². The van der Waals surface area contributed by atoms with E-state index >= 15 is 0 Å². The first-order valence-electron chi connectivity index (χ1n) is 10.6. The van der Waals surface area contributed by atoms with Crippen LogP contribution in [0.25, 0.3) is 5.76 Å². The Labute approximate surface area is 207 Å². The number of hydrogen-bond acceptors (Lipinski definition) is 4. The van der Waals surface area contributed by atoms with Gasteiger partial charge in [0.15, 0.2) is 6.29 Å². The second-order valence-electron chi connectivity index (χ2n) is 8.20. The molecule has 12 heteroatoms. The van der Waals surface area contributed by atoms with Crippen molar-refractivity contribution in [3.8, 4) is 5.75 Å². The third kappa shape index (κ3) is 5.39. The molecule has 0 amide bonds. The van der Waals surface area contributed by atoms with Crippen molar-refractivity contribution < 1.29 is 44.3 Å². The van der Waals surface area contributed by atoms with Crippen LogP contribution in [0.15, 0.2) is 77.2 Å². The summed E-state index contributed by atoms with van der Waals surface area (Å²) in [4.78, 5) is 12.0. The van der Waals surface area contributed by atoms with E-state index in [1.807, 2.05) is 0 Å². The SMILES string of the molecule is Cc1ccc(S(=O)(=O)N[C@@H]2C(C=O)=C(c3cc(C(F)(F)F)cc(C(F)(F)F)c3)Oc3ccccc32)cc1. The number of ether oxygens (including phenoxy) is 1. The van der Waals surface area contributed by atoms with Crippen LogP contribution in [-0.4, -0.2) is 14.7 Å². The van der Waals surface area contributed by atoms with Crippen LogP contribution in [0, 0.1) is 6.92 Å². The van der Waals surface area contributed by atoms with Crippen molar-refractivity contribution in [2.45, 2.75) is 30.2 Å². The van der Waals surface area contributed by atoms with E-state index in [1.165, 1.54) is 48.5 Å². The molecule has 3 aromatic rings. The fourth-order valence-corrected chi connectivity index (χ4v) is 4.97. The maximum absolute atomic E-state index is 13.5. The Hall–Kier alpha value is -3.64. The lowest BCUT2D eigenvalue weighted by Gasteiger charge is -2.29. The lowest BCUT2D eigenvalue weighted by molar-refractivity contribution is -0.143. The molecule has 0 unspecified atom stereocenters. The van der Waals surface area contributed by atoms with E-state index in [-0.39, 0.29) is 28.6 Å². The fraction of sp³-hybridized carbons (Fsp3) is 0.160. The van der Waals surface area contributed by atoms with Crippen LogP contribution in [-0.2, 0) is 27.2 Å². The van der Waals surface area contributed by atoms with Crippen LogP contribution in [0.1, 0.15) is 33.9 Å². The topological polar surface area (TPSA) is 72.5 Å². The smallest absolute Gasteiger partial charge is 0.416 e. The summed E-state index contributed by atoms with van der Waals surface area (Å²) in [5.74, 6) is -0.687. The summed E-state index contributed by atoms with van der Waals surface area (Å²) in [6.07, 6.45) is -10.1. The Bertz CT molecular complexity index is 1460. The molecule has 0 fully saturated rings. The van der Waals surface area contributed by atoms with Gasteiger partial charge < -0.3 is 4.74 Å². The van der Waals surface area contributed by atoms with Gasteiger partial charge in [-0.25, -0.2) is 8.42 Å². The van der Waals surface area contributed by atoms with Crippen molar-refractivity contribution in [2.75, 3.05) is 0 Å². The van der Waals surface area contributed by atoms with Crippen molar-refractivity contribution in [1.82, 2.24) is 4.72 Å². The summed E-state index contributed by atoms with van der Waals surface area (Å²) in [6.45, 7) is 1.74. The Morgan fingerprint density at radius 3 is 1.97 bits per heavy atom. The van der Waals surface area contributed by atoms with Crippen LogP contribution in [0.4, 0.5) is 26.3 Å². The van der Waals surface area contributed by atoms with Gasteiger partial charge in [0.25, 0.3) is 0 Å². The molecular formula is C25H17F6NO4S. The summed E-state index contributed by atoms with van der Waals surface area (Å²) < 4.78 is 115. The highest BCUT2D eigenvalue weighted by atomic mass is 32.2. The van der Waals surface area contributed by atoms with Gasteiger partial charge in [0.05, 0.1) is 27.6 Å². The van der Waals surface area contributed by atoms with Crippen molar-refractivity contribution in [2.24, 2.45) is 0 Å². The first-order chi connectivity index (χ1) is 17.2. The molecule has 1 aliphatic rings. The number of rotatable bonds is 5. The molecule has 1 N–H and O–H groups in total. The van der Waals surface area contributed by atoms with Gasteiger partial charge in [-0.3, -0.25) is 4.79 Å². The van der Waals surface area contributed by atoms with E-state index in [4.69, 9.17) is 4.74 Å². The standard InChI is InChI=1S/C25H17F6NO4S/c1-14-6-8-18(9-7-14)37(34,35)32-22-19-4-2-3-5-21(19)36-23(20(22)13-33)15-10-16(24(26,27)28)12-17(11-15)25(29,30)31/h2-13,22,32H,1H3/t22-/m0/s1. The Kier molecular flexibility index (Phi) is 6.67. The molecule has 0 aliphatic carbocycles. The van der Waals surface area contributed by atoms with Crippen LogP contribution >= 0.6 is 0 Å². The third-order valence-corrected chi connectivity index (χ3v) is 7.04. The van der Waals surface area contributed by atoms with Crippen LogP contribution in [0.5, 0.6) is 5.75 Å². The van der Waals surface area contributed by atoms with Gasteiger partial charge in [-0.15, -0.1) is 0 Å². The molecule has 5 nitrogen and oxygen atoms in total. The van der Waals surface area contributed by atoms with Crippen molar-refractivity contribution >= 4 is 22.1 Å². The molecule has 3 aromatic carbocycles. The minimum Gasteiger partial charge on any atom is -0.456 e. The number of carbonyl (C=O) groups excluding carboxylic acids is 1. The monoisotopic (exact) mass is 541 g/mol. The summed E-state index contributed by atoms with van der Waals surface area (Å²) in [5.41, 5.74) is -3.51. The summed E-state index contributed by atoms with van der Waals surface area (Å²) >= 11 is 0. The summed E-state index contributed by atoms with van der Waals surface area (Å²) in [5, 5.41) is 0. The zero-order chi connectivity index (χ0) is 27.2. The molecule has 1 heterocycles. The van der Waals surface area contributed by atoms with E-state index in [9.17, 15) is 39.6 Å². The molecule has 194 valence electrons. The van der Waals surface area contributed by atoms with Gasteiger partial charge in [-0.05, 0) is 43.3 Å². The zero-order valence-corrected chi connectivity index (χ0v) is 19.6. The largest absolute Gasteiger partial charge is 0.456 e. The Morgan fingerprint density at radius 2 is 1.43 bits per heavy atom. The highest BCUT2D eigenvalue weighted by molar-refractivity contribution is 7.89. The number of halogens is 6. The maximum Gasteiger partial charge on any atom is 0.416 e. The third-order valence-electron chi connectivity index (χ3n) is 5.60. The number of hydrogen-bond donors (Lipinski definition) is 1. The Morgan fingerprint density at radius 1 is 0.865 bits per heavy atom. The Balaban J connectivity index is 1.92. The molecule has 0 aromatic heterocycles. The quantitative estimate of drug-likeness (QED) is 0.315. The van der Waals surface area contributed by atoms with Gasteiger partial charge >= 0.3 is 12.4 Å². The zero-order valence-electron chi connectivity index (χ0n) is 18.8. The van der Waals surface area contributed by atoms with E-state index in [0.29, 0.717) is 12.1 Å². The van der Waals surface area contributed by atoms with Crippen molar-refractivity contribution in [3.05, 3.63) is 100 Å². The molecule has 0 bridgehead atoms. The number of aryl methyl sites for hydroxylation is 1. The van der Waals surface area contributed by atoms with E-state index in [2.05, 4.69) is 4.72 Å². The number of alkyl halides is 6. The fourth-order valence-electron chi connectivity index (χ4n) is 3.78. The molecular weight excluding hydrogens is 524 g/mol. The number of benzene rings is 3. The van der Waals surface area contributed by atoms with E-state index in [1.54, 1.807) is 6.92 Å². The first-order valence-corrected chi connectivity index (χ1v) is 12.0. The predicted octanol–water partition coefficient (Wildman–Crippen LogP) is 6.05. The first kappa shape index (κ1) is 26.4. The minimum absolute atomic E-state index is 0.0503. The van der Waals surface area contributed by atoms with Gasteiger partial charge in [0, 0.05) is 11.1 Å². The van der Waals surface area contributed by atoms with Gasteiger partial charge in [0.2, 0.25) is 10.0 Å². The van der Waals surface area contributed by atoms with Crippen LogP contribution in [0.2, 0.25) is 0 Å². The number of carbonyl (C=O) groups is 1. The van der Waals surface area contributed by atoms with Gasteiger partial charge in [-0.2, -0.15) is 31.1 Å². The lowest BCUT2D eigenvalue weighted by Crippen LogP contribution is -2.33. The highest BCUT2D eigenvalue weighted by Crippen LogP contribution is 2.43. The average molecular weight is 541 g/mol. The van der Waals surface area contributed by atoms with Gasteiger partial charge in [-0.1, -0.05) is 35.9 Å². The van der Waals surface area contributed by atoms with Crippen LogP contribution in [0.3, 0.4) is 0 Å². The molecule has 1 atom stereocenters. The highest BCUT2D eigenvalue weighted by Gasteiger charge is 2.39. The number of para-hydroxylation sites is 1. The lowest BCUT2D eigenvalue weighted by atomic mass is 9.92. The second-order valence-corrected chi connectivity index (χ2v) is 9.92. The normalized spacial score (nSPS) is 16.2. The minimum atomic E-state index is -5.14. The van der Waals surface area contributed by atoms with Crippen LogP contribution < -0.4 is 9.46 Å².